The zero-order valence-electron chi connectivity index (χ0n) is 17.6. The number of nitrogens with one attached hydrogen (secondary N) is 1. The van der Waals surface area contributed by atoms with Gasteiger partial charge in [0.2, 0.25) is 12.3 Å². The molecule has 2 aromatic rings. The molecule has 0 aromatic heterocycles. The smallest absolute Gasteiger partial charge is 0.457 e. The lowest BCUT2D eigenvalue weighted by Gasteiger charge is -2.25. The first-order valence-electron chi connectivity index (χ1n) is 9.75. The molecule has 4 amide bonds. The summed E-state index contributed by atoms with van der Waals surface area (Å²) < 4.78 is 71.6. The van der Waals surface area contributed by atoms with Crippen molar-refractivity contribution in [1.82, 2.24) is 15.3 Å². The van der Waals surface area contributed by atoms with Gasteiger partial charge in [-0.3, -0.25) is 19.7 Å². The number of alkyl halides is 3. The van der Waals surface area contributed by atoms with Crippen LogP contribution < -0.4 is 14.8 Å². The van der Waals surface area contributed by atoms with Crippen LogP contribution in [0.25, 0.3) is 0 Å². The van der Waals surface area contributed by atoms with Crippen LogP contribution in [-0.4, -0.2) is 73.2 Å². The monoisotopic (exact) mass is 517 g/mol. The van der Waals surface area contributed by atoms with Crippen LogP contribution in [0.4, 0.5) is 18.0 Å². The standard InChI is InChI=1S/C20H18F3N3O8S/c21-20(22,23)34-16-3-1-14(2-4-16)33-15-5-7-17(8-6-15)35(31,32)11-13(26(30)12-27)10-25-18(28)9-24-19(25)29/h1-8,12-13,30H,9-11H2,(H,24,29)/t13-/m0/s1. The van der Waals surface area contributed by atoms with Crippen molar-refractivity contribution in [2.75, 3.05) is 18.8 Å². The second-order valence-corrected chi connectivity index (χ2v) is 9.21. The summed E-state index contributed by atoms with van der Waals surface area (Å²) in [4.78, 5) is 35.0. The first kappa shape index (κ1) is 25.8. The van der Waals surface area contributed by atoms with Gasteiger partial charge in [-0.1, -0.05) is 0 Å². The number of rotatable bonds is 10. The summed E-state index contributed by atoms with van der Waals surface area (Å²) in [5.74, 6) is -1.56. The summed E-state index contributed by atoms with van der Waals surface area (Å²) in [6.45, 7) is -0.835. The number of hydrogen-bond acceptors (Lipinski definition) is 8. The molecule has 2 aromatic carbocycles. The van der Waals surface area contributed by atoms with E-state index < -0.39 is 52.2 Å². The number of ether oxygens (including phenoxy) is 2. The summed E-state index contributed by atoms with van der Waals surface area (Å²) >= 11 is 0. The van der Waals surface area contributed by atoms with Gasteiger partial charge in [-0.2, -0.15) is 0 Å². The lowest BCUT2D eigenvalue weighted by Crippen LogP contribution is -2.47. The van der Waals surface area contributed by atoms with Crippen LogP contribution in [0.2, 0.25) is 0 Å². The molecule has 1 atom stereocenters. The molecule has 1 aliphatic rings. The van der Waals surface area contributed by atoms with Crippen LogP contribution >= 0.6 is 0 Å². The molecule has 0 bridgehead atoms. The molecule has 1 heterocycles. The average molecular weight is 517 g/mol. The fourth-order valence-electron chi connectivity index (χ4n) is 3.06. The third-order valence-corrected chi connectivity index (χ3v) is 6.51. The fourth-order valence-corrected chi connectivity index (χ4v) is 4.57. The summed E-state index contributed by atoms with van der Waals surface area (Å²) in [5.41, 5.74) is 0. The Balaban J connectivity index is 1.69. The molecule has 1 saturated heterocycles. The van der Waals surface area contributed by atoms with Gasteiger partial charge in [-0.05, 0) is 48.5 Å². The van der Waals surface area contributed by atoms with Crippen LogP contribution in [0.5, 0.6) is 17.2 Å². The van der Waals surface area contributed by atoms with E-state index in [4.69, 9.17) is 4.74 Å². The van der Waals surface area contributed by atoms with Crippen LogP contribution in [-0.2, 0) is 19.4 Å². The Bertz CT molecular complexity index is 1170. The molecule has 0 aliphatic carbocycles. The quantitative estimate of drug-likeness (QED) is 0.211. The van der Waals surface area contributed by atoms with E-state index in [0.717, 1.165) is 12.1 Å². The first-order chi connectivity index (χ1) is 16.4. The molecule has 0 radical (unpaired) electrons. The Hall–Kier alpha value is -3.85. The van der Waals surface area contributed by atoms with Crippen molar-refractivity contribution in [2.24, 2.45) is 0 Å². The molecule has 3 rings (SSSR count). The zero-order valence-corrected chi connectivity index (χ0v) is 18.5. The number of amides is 4. The molecule has 0 unspecified atom stereocenters. The average Bonchev–Trinajstić information content (AvgIpc) is 3.10. The molecule has 1 aliphatic heterocycles. The number of sulfone groups is 1. The van der Waals surface area contributed by atoms with Crippen molar-refractivity contribution in [1.29, 1.82) is 0 Å². The van der Waals surface area contributed by atoms with Crippen molar-refractivity contribution >= 4 is 28.2 Å². The number of hydrogen-bond donors (Lipinski definition) is 2. The maximum Gasteiger partial charge on any atom is 0.573 e. The highest BCUT2D eigenvalue weighted by Crippen LogP contribution is 2.28. The van der Waals surface area contributed by atoms with Gasteiger partial charge >= 0.3 is 12.4 Å². The number of hydroxylamine groups is 2. The van der Waals surface area contributed by atoms with Gasteiger partial charge in [0.1, 0.15) is 17.2 Å². The highest BCUT2D eigenvalue weighted by Gasteiger charge is 2.35. The number of carbonyl (C=O) groups excluding carboxylic acids is 3. The molecule has 35 heavy (non-hydrogen) atoms. The first-order valence-corrected chi connectivity index (χ1v) is 11.4. The summed E-state index contributed by atoms with van der Waals surface area (Å²) in [5, 5.41) is 12.1. The largest absolute Gasteiger partial charge is 0.573 e. The van der Waals surface area contributed by atoms with Crippen molar-refractivity contribution in [2.45, 2.75) is 17.3 Å². The molecule has 188 valence electrons. The molecular formula is C20H18F3N3O8S. The van der Waals surface area contributed by atoms with E-state index in [0.29, 0.717) is 4.90 Å². The normalized spacial score (nSPS) is 14.9. The van der Waals surface area contributed by atoms with E-state index in [-0.39, 0.29) is 34.4 Å². The Labute approximate surface area is 196 Å². The van der Waals surface area contributed by atoms with Crippen LogP contribution in [0.15, 0.2) is 53.4 Å². The van der Waals surface area contributed by atoms with Crippen molar-refractivity contribution in [3.63, 3.8) is 0 Å². The lowest BCUT2D eigenvalue weighted by molar-refractivity contribution is -0.274. The van der Waals surface area contributed by atoms with Crippen molar-refractivity contribution in [3.05, 3.63) is 48.5 Å². The fraction of sp³-hybridized carbons (Fsp3) is 0.250. The summed E-state index contributed by atoms with van der Waals surface area (Å²) in [7, 11) is -4.11. The molecule has 0 spiro atoms. The number of nitrogens with zero attached hydrogens (tertiary/aromatic N) is 2. The number of urea groups is 1. The third-order valence-electron chi connectivity index (χ3n) is 4.70. The van der Waals surface area contributed by atoms with Crippen LogP contribution in [0.1, 0.15) is 0 Å². The van der Waals surface area contributed by atoms with Gasteiger partial charge in [0.25, 0.3) is 0 Å². The van der Waals surface area contributed by atoms with Crippen molar-refractivity contribution in [3.8, 4) is 17.2 Å². The minimum Gasteiger partial charge on any atom is -0.457 e. The van der Waals surface area contributed by atoms with Crippen LogP contribution in [0.3, 0.4) is 0 Å². The third kappa shape index (κ3) is 6.83. The number of benzene rings is 2. The van der Waals surface area contributed by atoms with Crippen molar-refractivity contribution < 1.29 is 50.7 Å². The second-order valence-electron chi connectivity index (χ2n) is 7.18. The molecule has 2 N–H and O–H groups in total. The summed E-state index contributed by atoms with van der Waals surface area (Å²) in [6.07, 6.45) is -4.88. The van der Waals surface area contributed by atoms with E-state index in [1.165, 1.54) is 36.4 Å². The molecule has 11 nitrogen and oxygen atoms in total. The maximum atomic E-state index is 12.8. The zero-order chi connectivity index (χ0) is 25.8. The summed E-state index contributed by atoms with van der Waals surface area (Å²) in [6, 6.07) is 7.25. The number of carbonyl (C=O) groups is 3. The highest BCUT2D eigenvalue weighted by atomic mass is 32.2. The minimum absolute atomic E-state index is 0.0411. The Morgan fingerprint density at radius 2 is 1.60 bits per heavy atom. The predicted octanol–water partition coefficient (Wildman–Crippen LogP) is 1.92. The molecular weight excluding hydrogens is 499 g/mol. The van der Waals surface area contributed by atoms with Gasteiger partial charge in [0.15, 0.2) is 9.84 Å². The van der Waals surface area contributed by atoms with E-state index in [1.807, 2.05) is 0 Å². The van der Waals surface area contributed by atoms with E-state index in [2.05, 4.69) is 10.1 Å². The van der Waals surface area contributed by atoms with Gasteiger partial charge in [-0.25, -0.2) is 18.3 Å². The van der Waals surface area contributed by atoms with Crippen LogP contribution in [0, 0.1) is 0 Å². The minimum atomic E-state index is -4.84. The Morgan fingerprint density at radius 3 is 2.09 bits per heavy atom. The number of imide groups is 1. The van der Waals surface area contributed by atoms with E-state index in [1.54, 1.807) is 0 Å². The molecule has 1 fully saturated rings. The van der Waals surface area contributed by atoms with E-state index in [9.17, 15) is 41.2 Å². The van der Waals surface area contributed by atoms with E-state index >= 15 is 0 Å². The SMILES string of the molecule is O=CN(O)[C@@H](CN1C(=O)CNC1=O)CS(=O)(=O)c1ccc(Oc2ccc(OC(F)(F)F)cc2)cc1. The Morgan fingerprint density at radius 1 is 1.06 bits per heavy atom. The maximum absolute atomic E-state index is 12.8. The molecule has 15 heteroatoms. The van der Waals surface area contributed by atoms with Gasteiger partial charge in [0.05, 0.1) is 29.8 Å². The topological polar surface area (TPSA) is 143 Å². The molecule has 0 saturated carbocycles. The van der Waals surface area contributed by atoms with Gasteiger partial charge in [-0.15, -0.1) is 13.2 Å². The number of halogens is 3. The second kappa shape index (κ2) is 10.2. The van der Waals surface area contributed by atoms with Gasteiger partial charge in [0, 0.05) is 0 Å². The highest BCUT2D eigenvalue weighted by molar-refractivity contribution is 7.91. The predicted molar refractivity (Wildman–Crippen MR) is 110 cm³/mol. The van der Waals surface area contributed by atoms with Gasteiger partial charge < -0.3 is 14.8 Å². The lowest BCUT2D eigenvalue weighted by atomic mass is 10.3. The Kier molecular flexibility index (Phi) is 7.50.